The summed E-state index contributed by atoms with van der Waals surface area (Å²) in [4.78, 5) is 2.55. The highest BCUT2D eigenvalue weighted by molar-refractivity contribution is 7.88. The van der Waals surface area contributed by atoms with Gasteiger partial charge in [-0.25, -0.2) is 0 Å². The predicted molar refractivity (Wildman–Crippen MR) is 45.8 cm³/mol. The quantitative estimate of drug-likeness (QED) is 0.497. The molecule has 2 heteroatoms. The lowest BCUT2D eigenvalue weighted by Gasteiger charge is -2.10. The Morgan fingerprint density at radius 1 is 1.00 bits per heavy atom. The maximum atomic E-state index is 4.40. The first-order valence-corrected chi connectivity index (χ1v) is 4.30. The molecule has 1 saturated carbocycles. The number of hydrogen-bond acceptors (Lipinski definition) is 2. The van der Waals surface area contributed by atoms with E-state index in [4.69, 9.17) is 0 Å². The summed E-state index contributed by atoms with van der Waals surface area (Å²) in [6, 6.07) is 0. The number of fused-ring (bicyclic) bond motifs is 2. The third-order valence-corrected chi connectivity index (χ3v) is 3.86. The van der Waals surface area contributed by atoms with E-state index in [-0.39, 0.29) is 0 Å². The number of allylic oxidation sites excluding steroid dienone is 2. The van der Waals surface area contributed by atoms with Crippen LogP contribution in [-0.4, -0.2) is 0 Å². The summed E-state index contributed by atoms with van der Waals surface area (Å²) in [5.74, 6) is 1.57. The fraction of sp³-hybridized carbons (Fsp3) is 0.714. The lowest BCUT2D eigenvalue weighted by Crippen LogP contribution is -1.93. The van der Waals surface area contributed by atoms with Gasteiger partial charge in [0.25, 0.3) is 0 Å². The van der Waals surface area contributed by atoms with Crippen molar-refractivity contribution in [2.75, 3.05) is 0 Å². The molecule has 0 aliphatic heterocycles. The molecule has 2 aliphatic carbocycles. The van der Waals surface area contributed by atoms with Gasteiger partial charge in [-0.05, 0) is 40.9 Å². The van der Waals surface area contributed by atoms with E-state index in [0.717, 1.165) is 11.8 Å². The van der Waals surface area contributed by atoms with Crippen LogP contribution in [0.4, 0.5) is 0 Å². The van der Waals surface area contributed by atoms with Crippen LogP contribution in [0.25, 0.3) is 0 Å². The molecule has 0 amide bonds. The van der Waals surface area contributed by atoms with Crippen LogP contribution in [0.15, 0.2) is 9.81 Å². The molecule has 0 aromatic carbocycles. The summed E-state index contributed by atoms with van der Waals surface area (Å²) in [7, 11) is 0. The normalized spacial score (nSPS) is 40.7. The van der Waals surface area contributed by atoms with E-state index in [1.807, 2.05) is 0 Å². The Bertz CT molecular complexity index is 154. The van der Waals surface area contributed by atoms with Gasteiger partial charge in [-0.3, -0.25) is 0 Å². The Morgan fingerprint density at radius 2 is 1.44 bits per heavy atom. The third-order valence-electron chi connectivity index (χ3n) is 2.47. The summed E-state index contributed by atoms with van der Waals surface area (Å²) >= 11 is 8.79. The highest BCUT2D eigenvalue weighted by Crippen LogP contribution is 2.50. The molecule has 2 rings (SSSR count). The summed E-state index contributed by atoms with van der Waals surface area (Å²) < 4.78 is 0. The largest absolute Gasteiger partial charge is 0.147 e. The average Bonchev–Trinajstić information content (AvgIpc) is 2.37. The molecule has 2 atom stereocenters. The molecule has 0 aromatic rings. The lowest BCUT2D eigenvalue weighted by molar-refractivity contribution is 0.685. The molecular weight excluding hydrogens is 148 g/mol. The molecule has 0 nitrogen and oxygen atoms in total. The molecule has 9 heavy (non-hydrogen) atoms. The van der Waals surface area contributed by atoms with Crippen molar-refractivity contribution in [1.29, 1.82) is 0 Å². The van der Waals surface area contributed by atoms with Crippen molar-refractivity contribution in [2.24, 2.45) is 11.8 Å². The molecule has 50 valence electrons. The smallest absolute Gasteiger partial charge is 0.00576 e. The van der Waals surface area contributed by atoms with E-state index >= 15 is 0 Å². The van der Waals surface area contributed by atoms with E-state index < -0.39 is 0 Å². The second-order valence-electron chi connectivity index (χ2n) is 2.98. The number of hydrogen-bond donors (Lipinski definition) is 2. The van der Waals surface area contributed by atoms with Crippen LogP contribution in [-0.2, 0) is 0 Å². The summed E-state index contributed by atoms with van der Waals surface area (Å²) in [5, 5.41) is 0. The zero-order valence-corrected chi connectivity index (χ0v) is 6.96. The maximum absolute atomic E-state index is 4.40. The van der Waals surface area contributed by atoms with Crippen molar-refractivity contribution in [3.63, 3.8) is 0 Å². The lowest BCUT2D eigenvalue weighted by atomic mass is 10.1. The molecule has 2 aliphatic rings. The first kappa shape index (κ1) is 6.17. The van der Waals surface area contributed by atoms with Crippen LogP contribution in [0.1, 0.15) is 19.3 Å². The van der Waals surface area contributed by atoms with Crippen molar-refractivity contribution >= 4 is 25.3 Å². The van der Waals surface area contributed by atoms with Gasteiger partial charge in [0.2, 0.25) is 0 Å². The van der Waals surface area contributed by atoms with E-state index in [2.05, 4.69) is 25.3 Å². The molecule has 0 N–H and O–H groups in total. The molecule has 2 unspecified atom stereocenters. The first-order valence-electron chi connectivity index (χ1n) is 3.41. The van der Waals surface area contributed by atoms with Gasteiger partial charge in [-0.15, -0.1) is 25.3 Å². The summed E-state index contributed by atoms with van der Waals surface area (Å²) in [6.45, 7) is 0. The fourth-order valence-corrected chi connectivity index (χ4v) is 2.73. The zero-order chi connectivity index (χ0) is 6.43. The minimum Gasteiger partial charge on any atom is -0.147 e. The Hall–Kier alpha value is 0.440. The highest BCUT2D eigenvalue weighted by Gasteiger charge is 2.35. The second-order valence-corrected chi connectivity index (χ2v) is 3.94. The van der Waals surface area contributed by atoms with Gasteiger partial charge in [0.15, 0.2) is 0 Å². The van der Waals surface area contributed by atoms with Gasteiger partial charge in [0, 0.05) is 0 Å². The molecule has 0 aromatic heterocycles. The van der Waals surface area contributed by atoms with Gasteiger partial charge in [-0.2, -0.15) is 0 Å². The van der Waals surface area contributed by atoms with Gasteiger partial charge in [-0.1, -0.05) is 0 Å². The SMILES string of the molecule is SC1=C(S)C2CCC1C2. The van der Waals surface area contributed by atoms with Crippen molar-refractivity contribution in [1.82, 2.24) is 0 Å². The second kappa shape index (κ2) is 1.96. The predicted octanol–water partition coefficient (Wildman–Crippen LogP) is 2.49. The van der Waals surface area contributed by atoms with E-state index in [0.29, 0.717) is 0 Å². The average molecular weight is 158 g/mol. The minimum atomic E-state index is 0.783. The van der Waals surface area contributed by atoms with Crippen LogP contribution >= 0.6 is 25.3 Å². The zero-order valence-electron chi connectivity index (χ0n) is 5.17. The van der Waals surface area contributed by atoms with Crippen molar-refractivity contribution in [2.45, 2.75) is 19.3 Å². The monoisotopic (exact) mass is 158 g/mol. The van der Waals surface area contributed by atoms with E-state index in [1.165, 1.54) is 29.1 Å². The third kappa shape index (κ3) is 0.761. The van der Waals surface area contributed by atoms with Crippen molar-refractivity contribution in [3.8, 4) is 0 Å². The molecule has 0 spiro atoms. The Morgan fingerprint density at radius 3 is 1.67 bits per heavy atom. The topological polar surface area (TPSA) is 0 Å². The van der Waals surface area contributed by atoms with E-state index in [1.54, 1.807) is 0 Å². The molecule has 0 radical (unpaired) electrons. The van der Waals surface area contributed by atoms with Crippen LogP contribution in [0.5, 0.6) is 0 Å². The van der Waals surface area contributed by atoms with Gasteiger partial charge in [0.05, 0.1) is 0 Å². The Balaban J connectivity index is 2.36. The van der Waals surface area contributed by atoms with Crippen LogP contribution in [0.2, 0.25) is 0 Å². The van der Waals surface area contributed by atoms with Crippen molar-refractivity contribution in [3.05, 3.63) is 9.81 Å². The summed E-state index contributed by atoms with van der Waals surface area (Å²) in [6.07, 6.45) is 4.04. The molecule has 0 saturated heterocycles. The Kier molecular flexibility index (Phi) is 1.34. The van der Waals surface area contributed by atoms with Gasteiger partial charge >= 0.3 is 0 Å². The highest BCUT2D eigenvalue weighted by atomic mass is 32.1. The molecule has 1 fully saturated rings. The van der Waals surface area contributed by atoms with E-state index in [9.17, 15) is 0 Å². The molecular formula is C7H10S2. The van der Waals surface area contributed by atoms with Crippen LogP contribution in [0, 0.1) is 11.8 Å². The number of rotatable bonds is 0. The van der Waals surface area contributed by atoms with Gasteiger partial charge < -0.3 is 0 Å². The molecule has 0 heterocycles. The van der Waals surface area contributed by atoms with Gasteiger partial charge in [0.1, 0.15) is 0 Å². The standard InChI is InChI=1S/C7H10S2/c8-6-4-1-2-5(3-4)7(6)9/h4-5,8-9H,1-3H2. The first-order chi connectivity index (χ1) is 4.29. The Labute approximate surface area is 66.5 Å². The van der Waals surface area contributed by atoms with Crippen LogP contribution in [0.3, 0.4) is 0 Å². The maximum Gasteiger partial charge on any atom is -0.00576 e. The number of thiol groups is 2. The molecule has 2 bridgehead atoms. The minimum absolute atomic E-state index is 0.783. The van der Waals surface area contributed by atoms with Crippen molar-refractivity contribution < 1.29 is 0 Å². The van der Waals surface area contributed by atoms with Crippen LogP contribution < -0.4 is 0 Å². The summed E-state index contributed by atoms with van der Waals surface area (Å²) in [5.41, 5.74) is 0. The fourth-order valence-electron chi connectivity index (χ4n) is 1.90.